The summed E-state index contributed by atoms with van der Waals surface area (Å²) in [5.74, 6) is 0. The van der Waals surface area contributed by atoms with E-state index in [4.69, 9.17) is 5.73 Å². The minimum Gasteiger partial charge on any atom is -0.401 e. The van der Waals surface area contributed by atoms with Crippen LogP contribution in [0.15, 0.2) is 22.1 Å². The summed E-state index contributed by atoms with van der Waals surface area (Å²) in [5.41, 5.74) is 7.21. The van der Waals surface area contributed by atoms with E-state index >= 15 is 0 Å². The van der Waals surface area contributed by atoms with Crippen LogP contribution in [0.4, 0.5) is 0 Å². The van der Waals surface area contributed by atoms with Crippen molar-refractivity contribution in [3.63, 3.8) is 0 Å². The maximum atomic E-state index is 6.01. The monoisotopic (exact) mass is 227 g/mol. The Morgan fingerprint density at radius 1 is 1.00 bits per heavy atom. The Morgan fingerprint density at radius 2 is 1.47 bits per heavy atom. The summed E-state index contributed by atoms with van der Waals surface area (Å²) in [7, 11) is 0. The van der Waals surface area contributed by atoms with Crippen LogP contribution < -0.4 is 5.73 Å². The molecule has 2 heteroatoms. The van der Waals surface area contributed by atoms with Crippen LogP contribution in [0.1, 0.15) is 48.5 Å². The molecule has 0 aliphatic rings. The van der Waals surface area contributed by atoms with Gasteiger partial charge in [-0.2, -0.15) is 0 Å². The fraction of sp³-hybridized carbons (Fsp3) is 0.692. The largest absolute Gasteiger partial charge is 0.401 e. The van der Waals surface area contributed by atoms with Gasteiger partial charge in [-0.15, -0.1) is 11.8 Å². The number of hydrogen-bond donors (Lipinski definition) is 1. The van der Waals surface area contributed by atoms with Gasteiger partial charge in [-0.05, 0) is 22.7 Å². The second-order valence-corrected chi connectivity index (χ2v) is 6.76. The first-order chi connectivity index (χ1) is 6.59. The molecule has 1 nitrogen and oxygen atoms in total. The molecular weight excluding hydrogens is 202 g/mol. The van der Waals surface area contributed by atoms with Gasteiger partial charge in [-0.3, -0.25) is 0 Å². The van der Waals surface area contributed by atoms with Crippen LogP contribution in [0.3, 0.4) is 0 Å². The minimum absolute atomic E-state index is 0.0593. The number of thioether (sulfide) groups is 1. The molecule has 0 heterocycles. The second kappa shape index (κ2) is 5.11. The number of rotatable bonds is 2. The molecule has 2 N–H and O–H groups in total. The fourth-order valence-electron chi connectivity index (χ4n) is 0.982. The van der Waals surface area contributed by atoms with E-state index in [1.165, 1.54) is 4.91 Å². The highest BCUT2D eigenvalue weighted by Crippen LogP contribution is 2.36. The Kier molecular flexibility index (Phi) is 4.98. The average Bonchev–Trinajstić information content (AvgIpc) is 2.00. The molecule has 0 amide bonds. The highest BCUT2D eigenvalue weighted by molar-refractivity contribution is 8.05. The van der Waals surface area contributed by atoms with Crippen molar-refractivity contribution in [2.24, 2.45) is 16.6 Å². The van der Waals surface area contributed by atoms with Crippen LogP contribution in [0.5, 0.6) is 0 Å². The lowest BCUT2D eigenvalue weighted by atomic mass is 9.94. The smallest absolute Gasteiger partial charge is 0.0202 e. The molecule has 0 aliphatic carbocycles. The van der Waals surface area contributed by atoms with Crippen LogP contribution in [-0.2, 0) is 0 Å². The van der Waals surface area contributed by atoms with Crippen LogP contribution in [-0.4, -0.2) is 0 Å². The van der Waals surface area contributed by atoms with Crippen molar-refractivity contribution in [3.8, 4) is 0 Å². The zero-order valence-electron chi connectivity index (χ0n) is 11.1. The molecule has 0 radical (unpaired) electrons. The third kappa shape index (κ3) is 5.31. The van der Waals surface area contributed by atoms with E-state index in [1.807, 2.05) is 0 Å². The molecule has 15 heavy (non-hydrogen) atoms. The van der Waals surface area contributed by atoms with Crippen molar-refractivity contribution in [3.05, 3.63) is 22.1 Å². The van der Waals surface area contributed by atoms with Crippen LogP contribution in [0.2, 0.25) is 0 Å². The van der Waals surface area contributed by atoms with Crippen molar-refractivity contribution >= 4 is 11.8 Å². The molecule has 0 aromatic carbocycles. The van der Waals surface area contributed by atoms with Crippen LogP contribution in [0.25, 0.3) is 0 Å². The third-order valence-corrected chi connectivity index (χ3v) is 3.65. The summed E-state index contributed by atoms with van der Waals surface area (Å²) < 4.78 is 0. The molecule has 0 fully saturated rings. The summed E-state index contributed by atoms with van der Waals surface area (Å²) in [4.78, 5) is 1.36. The normalized spacial score (nSPS) is 15.7. The van der Waals surface area contributed by atoms with E-state index in [9.17, 15) is 0 Å². The Bertz CT molecular complexity index is 261. The maximum absolute atomic E-state index is 6.01. The molecule has 0 spiro atoms. The number of nitrogens with two attached hydrogens (primary N) is 1. The van der Waals surface area contributed by atoms with Gasteiger partial charge in [-0.25, -0.2) is 0 Å². The molecule has 0 aromatic rings. The Morgan fingerprint density at radius 3 is 1.73 bits per heavy atom. The lowest BCUT2D eigenvalue weighted by Gasteiger charge is -2.23. The van der Waals surface area contributed by atoms with Gasteiger partial charge < -0.3 is 5.73 Å². The summed E-state index contributed by atoms with van der Waals surface area (Å²) in [6, 6.07) is 0. The fourth-order valence-corrected chi connectivity index (χ4v) is 2.08. The Balaban J connectivity index is 4.64. The molecule has 0 saturated heterocycles. The van der Waals surface area contributed by atoms with Gasteiger partial charge in [0.1, 0.15) is 0 Å². The predicted molar refractivity (Wildman–Crippen MR) is 72.5 cm³/mol. The van der Waals surface area contributed by atoms with Gasteiger partial charge in [0.25, 0.3) is 0 Å². The highest BCUT2D eigenvalue weighted by atomic mass is 32.2. The first-order valence-corrected chi connectivity index (χ1v) is 6.26. The van der Waals surface area contributed by atoms with Gasteiger partial charge in [-0.1, -0.05) is 47.6 Å². The quantitative estimate of drug-likeness (QED) is 0.751. The van der Waals surface area contributed by atoms with Gasteiger partial charge in [0, 0.05) is 11.1 Å². The SMILES string of the molecule is C/C=C(\S/C=C(\N)C(C)(C)C)C(C)(C)C. The first kappa shape index (κ1) is 14.6. The zero-order valence-corrected chi connectivity index (χ0v) is 12.0. The van der Waals surface area contributed by atoms with E-state index in [0.717, 1.165) is 5.70 Å². The molecule has 0 saturated carbocycles. The standard InChI is InChI=1S/C13H25NS/c1-8-11(13(5,6)7)15-9-10(14)12(2,3)4/h8-9H,14H2,1-7H3/b10-9-,11-8-. The van der Waals surface area contributed by atoms with Crippen molar-refractivity contribution in [1.82, 2.24) is 0 Å². The molecule has 0 atom stereocenters. The van der Waals surface area contributed by atoms with Gasteiger partial charge >= 0.3 is 0 Å². The molecule has 0 rings (SSSR count). The summed E-state index contributed by atoms with van der Waals surface area (Å²) >= 11 is 1.74. The van der Waals surface area contributed by atoms with E-state index < -0.39 is 0 Å². The van der Waals surface area contributed by atoms with Crippen molar-refractivity contribution < 1.29 is 0 Å². The Labute approximate surface area is 99.2 Å². The van der Waals surface area contributed by atoms with Crippen molar-refractivity contribution in [2.45, 2.75) is 48.5 Å². The lowest BCUT2D eigenvalue weighted by molar-refractivity contribution is 0.498. The molecular formula is C13H25NS. The molecule has 0 aromatic heterocycles. The first-order valence-electron chi connectivity index (χ1n) is 5.38. The van der Waals surface area contributed by atoms with Crippen molar-refractivity contribution in [2.75, 3.05) is 0 Å². The van der Waals surface area contributed by atoms with Crippen molar-refractivity contribution in [1.29, 1.82) is 0 Å². The lowest BCUT2D eigenvalue weighted by Crippen LogP contribution is -2.16. The molecule has 88 valence electrons. The number of hydrogen-bond acceptors (Lipinski definition) is 2. The minimum atomic E-state index is 0.0593. The second-order valence-electron chi connectivity index (χ2n) is 5.84. The average molecular weight is 227 g/mol. The zero-order chi connectivity index (χ0) is 12.3. The van der Waals surface area contributed by atoms with Gasteiger partial charge in [0.15, 0.2) is 0 Å². The summed E-state index contributed by atoms with van der Waals surface area (Å²) in [6.45, 7) is 15.1. The van der Waals surface area contributed by atoms with E-state index in [1.54, 1.807) is 11.8 Å². The van der Waals surface area contributed by atoms with Crippen LogP contribution >= 0.6 is 11.8 Å². The number of allylic oxidation sites excluding steroid dienone is 3. The van der Waals surface area contributed by atoms with Crippen LogP contribution in [0, 0.1) is 10.8 Å². The van der Waals surface area contributed by atoms with Gasteiger partial charge in [0.05, 0.1) is 0 Å². The predicted octanol–water partition coefficient (Wildman–Crippen LogP) is 4.52. The highest BCUT2D eigenvalue weighted by Gasteiger charge is 2.18. The third-order valence-electron chi connectivity index (χ3n) is 2.18. The Hall–Kier alpha value is -0.370. The maximum Gasteiger partial charge on any atom is 0.0202 e. The van der Waals surface area contributed by atoms with E-state index in [0.29, 0.717) is 0 Å². The van der Waals surface area contributed by atoms with E-state index in [2.05, 4.69) is 60.0 Å². The summed E-state index contributed by atoms with van der Waals surface area (Å²) in [6.07, 6.45) is 2.16. The molecule has 0 bridgehead atoms. The van der Waals surface area contributed by atoms with Gasteiger partial charge in [0.2, 0.25) is 0 Å². The van der Waals surface area contributed by atoms with E-state index in [-0.39, 0.29) is 10.8 Å². The topological polar surface area (TPSA) is 26.0 Å². The summed E-state index contributed by atoms with van der Waals surface area (Å²) in [5, 5.41) is 2.07. The molecule has 0 aliphatic heterocycles. The molecule has 0 unspecified atom stereocenters.